The molecule has 140 valence electrons. The quantitative estimate of drug-likeness (QED) is 0.424. The number of hydrogen-bond donors (Lipinski definition) is 0. The zero-order valence-corrected chi connectivity index (χ0v) is 15.3. The fourth-order valence-corrected chi connectivity index (χ4v) is 2.40. The van der Waals surface area contributed by atoms with Crippen molar-refractivity contribution >= 4 is 11.9 Å². The fraction of sp³-hybridized carbons (Fsp3) is 0.611. The number of rotatable bonds is 12. The van der Waals surface area contributed by atoms with E-state index in [0.717, 1.165) is 18.3 Å². The van der Waals surface area contributed by atoms with E-state index in [1.807, 2.05) is 24.6 Å². The monoisotopic (exact) mass is 352 g/mol. The second-order valence-electron chi connectivity index (χ2n) is 5.90. The molecular formula is C18H28N2O5. The number of nitrogens with zero attached hydrogens (tertiary/aromatic N) is 2. The third-order valence-corrected chi connectivity index (χ3v) is 4.10. The van der Waals surface area contributed by atoms with Crippen LogP contribution in [0.15, 0.2) is 25.0 Å². The van der Waals surface area contributed by atoms with Crippen LogP contribution in [0.25, 0.3) is 0 Å². The summed E-state index contributed by atoms with van der Waals surface area (Å²) in [6.45, 7) is 8.41. The van der Waals surface area contributed by atoms with Gasteiger partial charge in [-0.3, -0.25) is 4.79 Å². The highest BCUT2D eigenvalue weighted by atomic mass is 16.6. The maximum Gasteiger partial charge on any atom is 0.330 e. The summed E-state index contributed by atoms with van der Waals surface area (Å²) in [5, 5.41) is 0. The van der Waals surface area contributed by atoms with Crippen LogP contribution in [0.5, 0.6) is 0 Å². The molecule has 0 aliphatic carbocycles. The maximum absolute atomic E-state index is 12.1. The molecule has 0 bridgehead atoms. The lowest BCUT2D eigenvalue weighted by Crippen LogP contribution is -2.38. The van der Waals surface area contributed by atoms with Gasteiger partial charge in [-0.05, 0) is 6.42 Å². The number of methoxy groups -OCH3 is 1. The van der Waals surface area contributed by atoms with Crippen molar-refractivity contribution in [2.24, 2.45) is 5.41 Å². The van der Waals surface area contributed by atoms with Crippen molar-refractivity contribution in [3.63, 3.8) is 0 Å². The van der Waals surface area contributed by atoms with Crippen molar-refractivity contribution in [1.29, 1.82) is 0 Å². The maximum atomic E-state index is 12.1. The van der Waals surface area contributed by atoms with Crippen molar-refractivity contribution < 1.29 is 23.8 Å². The second-order valence-corrected chi connectivity index (χ2v) is 5.90. The lowest BCUT2D eigenvalue weighted by atomic mass is 9.88. The van der Waals surface area contributed by atoms with Crippen molar-refractivity contribution in [3.05, 3.63) is 30.9 Å². The van der Waals surface area contributed by atoms with Crippen LogP contribution in [0.4, 0.5) is 0 Å². The molecule has 1 atom stereocenters. The third-order valence-electron chi connectivity index (χ3n) is 4.10. The van der Waals surface area contributed by atoms with Crippen LogP contribution >= 0.6 is 0 Å². The zero-order chi connectivity index (χ0) is 18.7. The summed E-state index contributed by atoms with van der Waals surface area (Å²) in [5.74, 6) is 0.124. The van der Waals surface area contributed by atoms with E-state index in [1.165, 1.54) is 0 Å². The van der Waals surface area contributed by atoms with E-state index in [0.29, 0.717) is 19.6 Å². The summed E-state index contributed by atoms with van der Waals surface area (Å²) in [6.07, 6.45) is 6.38. The van der Waals surface area contributed by atoms with E-state index in [9.17, 15) is 9.59 Å². The van der Waals surface area contributed by atoms with E-state index in [1.54, 1.807) is 13.3 Å². The highest BCUT2D eigenvalue weighted by molar-refractivity contribution is 5.81. The van der Waals surface area contributed by atoms with Gasteiger partial charge < -0.3 is 18.8 Å². The number of aryl methyl sites for hydroxylation is 2. The molecule has 0 saturated carbocycles. The number of aromatic nitrogens is 2. The average Bonchev–Trinajstić information content (AvgIpc) is 3.09. The molecule has 1 unspecified atom stereocenters. The molecule has 7 nitrogen and oxygen atoms in total. The first kappa shape index (κ1) is 20.9. The van der Waals surface area contributed by atoms with Gasteiger partial charge in [0.2, 0.25) is 0 Å². The van der Waals surface area contributed by atoms with Crippen LogP contribution in [0.1, 0.15) is 32.5 Å². The summed E-state index contributed by atoms with van der Waals surface area (Å²) in [6, 6.07) is 0. The summed E-state index contributed by atoms with van der Waals surface area (Å²) < 4.78 is 17.7. The Hall–Kier alpha value is -2.15. The number of imidazole rings is 1. The Morgan fingerprint density at radius 1 is 1.28 bits per heavy atom. The molecule has 0 spiro atoms. The molecule has 0 N–H and O–H groups in total. The predicted octanol–water partition coefficient (Wildman–Crippen LogP) is 2.15. The number of carbonyl (C=O) groups is 2. The molecule has 25 heavy (non-hydrogen) atoms. The Bertz CT molecular complexity index is 570. The first-order valence-corrected chi connectivity index (χ1v) is 8.44. The van der Waals surface area contributed by atoms with Crippen LogP contribution in [0, 0.1) is 5.41 Å². The minimum absolute atomic E-state index is 0.108. The zero-order valence-electron chi connectivity index (χ0n) is 15.3. The lowest BCUT2D eigenvalue weighted by molar-refractivity contribution is -0.155. The van der Waals surface area contributed by atoms with Gasteiger partial charge in [-0.25, -0.2) is 9.78 Å². The fourth-order valence-electron chi connectivity index (χ4n) is 2.40. The Kier molecular flexibility index (Phi) is 8.91. The SMILES string of the molecule is C=CC(=O)OCC(CC)(COC)COC(=O)CCn1ccnc1CC. The number of ether oxygens (including phenoxy) is 3. The van der Waals surface area contributed by atoms with Gasteiger partial charge in [-0.2, -0.15) is 0 Å². The molecule has 1 aromatic heterocycles. The Balaban J connectivity index is 2.54. The van der Waals surface area contributed by atoms with Gasteiger partial charge in [-0.1, -0.05) is 20.4 Å². The highest BCUT2D eigenvalue weighted by Gasteiger charge is 2.32. The number of carbonyl (C=O) groups excluding carboxylic acids is 2. The number of esters is 2. The molecular weight excluding hydrogens is 324 g/mol. The van der Waals surface area contributed by atoms with E-state index in [4.69, 9.17) is 14.2 Å². The van der Waals surface area contributed by atoms with Gasteiger partial charge in [0.15, 0.2) is 0 Å². The van der Waals surface area contributed by atoms with Gasteiger partial charge in [0.25, 0.3) is 0 Å². The van der Waals surface area contributed by atoms with Crippen molar-refractivity contribution in [3.8, 4) is 0 Å². The first-order valence-electron chi connectivity index (χ1n) is 8.44. The lowest BCUT2D eigenvalue weighted by Gasteiger charge is -2.30. The smallest absolute Gasteiger partial charge is 0.330 e. The van der Waals surface area contributed by atoms with E-state index in [-0.39, 0.29) is 25.6 Å². The molecule has 0 amide bonds. The topological polar surface area (TPSA) is 79.7 Å². The van der Waals surface area contributed by atoms with Gasteiger partial charge in [-0.15, -0.1) is 0 Å². The molecule has 1 heterocycles. The normalized spacial score (nSPS) is 13.1. The van der Waals surface area contributed by atoms with Gasteiger partial charge in [0.1, 0.15) is 19.0 Å². The highest BCUT2D eigenvalue weighted by Crippen LogP contribution is 2.24. The minimum atomic E-state index is -0.563. The van der Waals surface area contributed by atoms with E-state index >= 15 is 0 Å². The molecule has 7 heteroatoms. The van der Waals surface area contributed by atoms with Crippen LogP contribution in [0.2, 0.25) is 0 Å². The molecule has 1 aromatic rings. The molecule has 0 aliphatic heterocycles. The van der Waals surface area contributed by atoms with Crippen molar-refractivity contribution in [2.75, 3.05) is 26.9 Å². The molecule has 0 aromatic carbocycles. The summed E-state index contributed by atoms with van der Waals surface area (Å²) >= 11 is 0. The Morgan fingerprint density at radius 3 is 2.60 bits per heavy atom. The van der Waals surface area contributed by atoms with Crippen LogP contribution < -0.4 is 0 Å². The molecule has 0 aliphatic rings. The molecule has 0 saturated heterocycles. The third kappa shape index (κ3) is 6.70. The summed E-state index contributed by atoms with van der Waals surface area (Å²) in [7, 11) is 1.56. The predicted molar refractivity (Wildman–Crippen MR) is 92.9 cm³/mol. The van der Waals surface area contributed by atoms with E-state index in [2.05, 4.69) is 11.6 Å². The Morgan fingerprint density at radius 2 is 2.00 bits per heavy atom. The van der Waals surface area contributed by atoms with Crippen molar-refractivity contribution in [2.45, 2.75) is 39.7 Å². The molecule has 0 radical (unpaired) electrons. The van der Waals surface area contributed by atoms with E-state index < -0.39 is 11.4 Å². The summed E-state index contributed by atoms with van der Waals surface area (Å²) in [5.41, 5.74) is -0.563. The van der Waals surface area contributed by atoms with Crippen LogP contribution in [0.3, 0.4) is 0 Å². The largest absolute Gasteiger partial charge is 0.465 e. The van der Waals surface area contributed by atoms with Crippen molar-refractivity contribution in [1.82, 2.24) is 9.55 Å². The standard InChI is InChI=1S/C18H28N2O5/c1-5-15-19-9-11-20(15)10-8-17(22)25-14-18(7-3,12-23-4)13-24-16(21)6-2/h6,9,11H,2,5,7-8,10,12-14H2,1,3-4H3. The number of hydrogen-bond acceptors (Lipinski definition) is 6. The minimum Gasteiger partial charge on any atom is -0.465 e. The summed E-state index contributed by atoms with van der Waals surface area (Å²) in [4.78, 5) is 27.6. The van der Waals surface area contributed by atoms with Gasteiger partial charge in [0, 0.05) is 38.5 Å². The average molecular weight is 352 g/mol. The molecule has 1 rings (SSSR count). The molecule has 0 fully saturated rings. The van der Waals surface area contributed by atoms with Crippen LogP contribution in [-0.2, 0) is 36.8 Å². The van der Waals surface area contributed by atoms with Gasteiger partial charge in [0.05, 0.1) is 18.4 Å². The Labute approximate surface area is 149 Å². The van der Waals surface area contributed by atoms with Crippen LogP contribution in [-0.4, -0.2) is 48.4 Å². The first-order chi connectivity index (χ1) is 12.0. The van der Waals surface area contributed by atoms with Gasteiger partial charge >= 0.3 is 11.9 Å². The second kappa shape index (κ2) is 10.7.